The van der Waals surface area contributed by atoms with E-state index in [9.17, 15) is 4.79 Å². The topological polar surface area (TPSA) is 46.4 Å². The minimum Gasteiger partial charge on any atom is -0.351 e. The van der Waals surface area contributed by atoms with Gasteiger partial charge in [0.2, 0.25) is 0 Å². The zero-order valence-electron chi connectivity index (χ0n) is 11.4. The van der Waals surface area contributed by atoms with Gasteiger partial charge < -0.3 is 5.32 Å². The number of aryl methyl sites for hydroxylation is 1. The Hall–Kier alpha value is -1.36. The van der Waals surface area contributed by atoms with Crippen molar-refractivity contribution in [3.63, 3.8) is 0 Å². The van der Waals surface area contributed by atoms with E-state index in [0.29, 0.717) is 18.2 Å². The third-order valence-electron chi connectivity index (χ3n) is 2.98. The molecule has 4 nitrogen and oxygen atoms in total. The van der Waals surface area contributed by atoms with Crippen LogP contribution in [-0.2, 0) is 0 Å². The second-order valence-corrected chi connectivity index (χ2v) is 5.98. The molecule has 19 heavy (non-hydrogen) atoms. The van der Waals surface area contributed by atoms with E-state index in [0.717, 1.165) is 22.2 Å². The van der Waals surface area contributed by atoms with Crippen LogP contribution >= 0.6 is 15.9 Å². The number of fused-ring (bicyclic) bond motifs is 1. The predicted molar refractivity (Wildman–Crippen MR) is 79.4 cm³/mol. The summed E-state index contributed by atoms with van der Waals surface area (Å²) in [5.74, 6) is 0.515. The molecule has 0 atom stereocenters. The molecule has 102 valence electrons. The summed E-state index contributed by atoms with van der Waals surface area (Å²) in [7, 11) is 0. The molecule has 2 aromatic heterocycles. The van der Waals surface area contributed by atoms with Gasteiger partial charge in [0.1, 0.15) is 11.3 Å². The lowest BCUT2D eigenvalue weighted by Crippen LogP contribution is -2.27. The SMILES string of the molecule is Cc1nc2ccc(Br)cn2c1C(=O)NCCC(C)C. The van der Waals surface area contributed by atoms with Gasteiger partial charge in [-0.05, 0) is 47.3 Å². The van der Waals surface area contributed by atoms with Crippen molar-refractivity contribution in [2.75, 3.05) is 6.54 Å². The average Bonchev–Trinajstić information content (AvgIpc) is 2.63. The van der Waals surface area contributed by atoms with Gasteiger partial charge in [-0.3, -0.25) is 9.20 Å². The van der Waals surface area contributed by atoms with E-state index in [4.69, 9.17) is 0 Å². The van der Waals surface area contributed by atoms with Crippen LogP contribution in [-0.4, -0.2) is 21.8 Å². The molecule has 5 heteroatoms. The maximum atomic E-state index is 12.2. The highest BCUT2D eigenvalue weighted by Crippen LogP contribution is 2.16. The summed E-state index contributed by atoms with van der Waals surface area (Å²) in [5, 5.41) is 2.95. The van der Waals surface area contributed by atoms with Crippen molar-refractivity contribution in [2.24, 2.45) is 5.92 Å². The lowest BCUT2D eigenvalue weighted by atomic mass is 10.1. The van der Waals surface area contributed by atoms with Crippen LogP contribution in [0.3, 0.4) is 0 Å². The maximum absolute atomic E-state index is 12.2. The zero-order valence-corrected chi connectivity index (χ0v) is 13.0. The summed E-state index contributed by atoms with van der Waals surface area (Å²) in [6.45, 7) is 6.83. The molecular weight excluding hydrogens is 306 g/mol. The van der Waals surface area contributed by atoms with Gasteiger partial charge in [-0.25, -0.2) is 4.98 Å². The Balaban J connectivity index is 2.26. The molecule has 0 fully saturated rings. The second kappa shape index (κ2) is 5.74. The monoisotopic (exact) mass is 323 g/mol. The van der Waals surface area contributed by atoms with E-state index < -0.39 is 0 Å². The van der Waals surface area contributed by atoms with Crippen LogP contribution in [0.1, 0.15) is 36.5 Å². The quantitative estimate of drug-likeness (QED) is 0.939. The van der Waals surface area contributed by atoms with Gasteiger partial charge in [0.25, 0.3) is 5.91 Å². The van der Waals surface area contributed by atoms with Crippen LogP contribution < -0.4 is 5.32 Å². The van der Waals surface area contributed by atoms with Crippen molar-refractivity contribution >= 4 is 27.5 Å². The van der Waals surface area contributed by atoms with Gasteiger partial charge in [-0.15, -0.1) is 0 Å². The van der Waals surface area contributed by atoms with Crippen LogP contribution in [0.5, 0.6) is 0 Å². The molecule has 0 saturated heterocycles. The van der Waals surface area contributed by atoms with E-state index in [-0.39, 0.29) is 5.91 Å². The van der Waals surface area contributed by atoms with E-state index in [2.05, 4.69) is 40.1 Å². The maximum Gasteiger partial charge on any atom is 0.270 e. The fraction of sp³-hybridized carbons (Fsp3) is 0.429. The number of aromatic nitrogens is 2. The van der Waals surface area contributed by atoms with Crippen molar-refractivity contribution in [3.05, 3.63) is 34.2 Å². The van der Waals surface area contributed by atoms with Gasteiger partial charge in [0.05, 0.1) is 5.69 Å². The Labute approximate surface area is 121 Å². The molecule has 0 spiro atoms. The number of carbonyl (C=O) groups excluding carboxylic acids is 1. The molecule has 1 N–H and O–H groups in total. The first-order valence-corrected chi connectivity index (χ1v) is 7.20. The summed E-state index contributed by atoms with van der Waals surface area (Å²) in [6.07, 6.45) is 2.85. The largest absolute Gasteiger partial charge is 0.351 e. The number of carbonyl (C=O) groups is 1. The predicted octanol–water partition coefficient (Wildman–Crippen LogP) is 3.18. The van der Waals surface area contributed by atoms with Crippen molar-refractivity contribution in [3.8, 4) is 0 Å². The Kier molecular flexibility index (Phi) is 4.24. The summed E-state index contributed by atoms with van der Waals surface area (Å²) in [6, 6.07) is 3.81. The fourth-order valence-corrected chi connectivity index (χ4v) is 2.30. The third-order valence-corrected chi connectivity index (χ3v) is 3.45. The van der Waals surface area contributed by atoms with Gasteiger partial charge in [0, 0.05) is 17.2 Å². The standard InChI is InChI=1S/C14H18BrN3O/c1-9(2)6-7-16-14(19)13-10(3)17-12-5-4-11(15)8-18(12)13/h4-5,8-9H,6-7H2,1-3H3,(H,16,19). The summed E-state index contributed by atoms with van der Waals surface area (Å²) < 4.78 is 2.75. The fourth-order valence-electron chi connectivity index (χ4n) is 1.97. The van der Waals surface area contributed by atoms with Crippen LogP contribution in [0.25, 0.3) is 5.65 Å². The highest BCUT2D eigenvalue weighted by molar-refractivity contribution is 9.10. The van der Waals surface area contributed by atoms with E-state index in [1.54, 1.807) is 0 Å². The summed E-state index contributed by atoms with van der Waals surface area (Å²) >= 11 is 3.42. The van der Waals surface area contributed by atoms with Gasteiger partial charge >= 0.3 is 0 Å². The van der Waals surface area contributed by atoms with Crippen molar-refractivity contribution in [1.82, 2.24) is 14.7 Å². The summed E-state index contributed by atoms with van der Waals surface area (Å²) in [4.78, 5) is 16.6. The molecule has 0 bridgehead atoms. The molecule has 0 aliphatic heterocycles. The smallest absolute Gasteiger partial charge is 0.270 e. The number of amides is 1. The number of rotatable bonds is 4. The minimum atomic E-state index is -0.0660. The molecule has 2 aromatic rings. The van der Waals surface area contributed by atoms with Gasteiger partial charge in [0.15, 0.2) is 0 Å². The number of halogens is 1. The Morgan fingerprint density at radius 1 is 1.47 bits per heavy atom. The molecule has 1 amide bonds. The third kappa shape index (κ3) is 3.15. The first-order chi connectivity index (χ1) is 8.99. The van der Waals surface area contributed by atoms with E-state index in [1.807, 2.05) is 29.7 Å². The summed E-state index contributed by atoms with van der Waals surface area (Å²) in [5.41, 5.74) is 2.15. The van der Waals surface area contributed by atoms with E-state index >= 15 is 0 Å². The number of imidazole rings is 1. The Bertz CT molecular complexity index is 604. The molecule has 2 heterocycles. The second-order valence-electron chi connectivity index (χ2n) is 5.06. The van der Waals surface area contributed by atoms with Crippen LogP contribution in [0, 0.1) is 12.8 Å². The van der Waals surface area contributed by atoms with Crippen molar-refractivity contribution < 1.29 is 4.79 Å². The normalized spacial score (nSPS) is 11.2. The van der Waals surface area contributed by atoms with Crippen LogP contribution in [0.15, 0.2) is 22.8 Å². The molecule has 2 rings (SSSR count). The molecule has 0 aliphatic rings. The first-order valence-electron chi connectivity index (χ1n) is 6.41. The van der Waals surface area contributed by atoms with Crippen molar-refractivity contribution in [2.45, 2.75) is 27.2 Å². The molecule has 0 aliphatic carbocycles. The molecule has 0 radical (unpaired) electrons. The molecule has 0 saturated carbocycles. The first kappa shape index (κ1) is 14.1. The number of nitrogens with one attached hydrogen (secondary N) is 1. The van der Waals surface area contributed by atoms with Crippen molar-refractivity contribution in [1.29, 1.82) is 0 Å². The highest BCUT2D eigenvalue weighted by Gasteiger charge is 2.16. The molecular formula is C14H18BrN3O. The Morgan fingerprint density at radius 2 is 2.21 bits per heavy atom. The average molecular weight is 324 g/mol. The lowest BCUT2D eigenvalue weighted by molar-refractivity contribution is 0.0945. The lowest BCUT2D eigenvalue weighted by Gasteiger charge is -2.07. The zero-order chi connectivity index (χ0) is 14.0. The number of hydrogen-bond acceptors (Lipinski definition) is 2. The number of hydrogen-bond donors (Lipinski definition) is 1. The van der Waals surface area contributed by atoms with Gasteiger partial charge in [-0.2, -0.15) is 0 Å². The van der Waals surface area contributed by atoms with Crippen LogP contribution in [0.2, 0.25) is 0 Å². The Morgan fingerprint density at radius 3 is 2.89 bits per heavy atom. The molecule has 0 aromatic carbocycles. The van der Waals surface area contributed by atoms with Gasteiger partial charge in [-0.1, -0.05) is 13.8 Å². The molecule has 0 unspecified atom stereocenters. The van der Waals surface area contributed by atoms with Crippen LogP contribution in [0.4, 0.5) is 0 Å². The highest BCUT2D eigenvalue weighted by atomic mass is 79.9. The number of nitrogens with zero attached hydrogens (tertiary/aromatic N) is 2. The number of pyridine rings is 1. The van der Waals surface area contributed by atoms with E-state index in [1.165, 1.54) is 0 Å². The minimum absolute atomic E-state index is 0.0660.